The van der Waals surface area contributed by atoms with E-state index in [-0.39, 0.29) is 11.3 Å². The van der Waals surface area contributed by atoms with Crippen LogP contribution < -0.4 is 5.73 Å². The zero-order chi connectivity index (χ0) is 12.0. The Labute approximate surface area is 98.2 Å². The highest BCUT2D eigenvalue weighted by Crippen LogP contribution is 2.13. The molecule has 0 saturated carbocycles. The molecule has 0 unspecified atom stereocenters. The first-order valence-corrected chi connectivity index (χ1v) is 6.10. The third-order valence-corrected chi connectivity index (χ3v) is 2.76. The fourth-order valence-electron chi connectivity index (χ4n) is 1.09. The number of carbonyl (C=O) groups excluding carboxylic acids is 1. The Morgan fingerprint density at radius 1 is 1.56 bits per heavy atom. The van der Waals surface area contributed by atoms with Gasteiger partial charge in [0.05, 0.1) is 11.3 Å². The summed E-state index contributed by atoms with van der Waals surface area (Å²) >= 11 is 1.69. The van der Waals surface area contributed by atoms with Crippen LogP contribution in [0.2, 0.25) is 0 Å². The predicted octanol–water partition coefficient (Wildman–Crippen LogP) is 2.32. The van der Waals surface area contributed by atoms with Crippen molar-refractivity contribution in [3.05, 3.63) is 29.6 Å². The summed E-state index contributed by atoms with van der Waals surface area (Å²) in [6.45, 7) is 2.39. The molecule has 0 amide bonds. The number of halogens is 1. The number of benzene rings is 1. The Kier molecular flexibility index (Phi) is 5.11. The van der Waals surface area contributed by atoms with Crippen molar-refractivity contribution in [1.29, 1.82) is 0 Å². The van der Waals surface area contributed by atoms with Gasteiger partial charge in [-0.2, -0.15) is 11.8 Å². The highest BCUT2D eigenvalue weighted by molar-refractivity contribution is 7.99. The van der Waals surface area contributed by atoms with Gasteiger partial charge in [0.15, 0.2) is 0 Å². The quantitative estimate of drug-likeness (QED) is 0.490. The summed E-state index contributed by atoms with van der Waals surface area (Å²) in [4.78, 5) is 11.5. The number of nitrogens with two attached hydrogens (primary N) is 1. The zero-order valence-electron chi connectivity index (χ0n) is 9.03. The van der Waals surface area contributed by atoms with Crippen molar-refractivity contribution in [1.82, 2.24) is 0 Å². The monoisotopic (exact) mass is 243 g/mol. The Hall–Kier alpha value is -1.23. The fourth-order valence-corrected chi connectivity index (χ4v) is 1.58. The largest absolute Gasteiger partial charge is 0.461 e. The standard InChI is InChI=1S/C11H14FNO2S/c1-2-16-6-5-15-11(14)8-3-4-9(12)10(13)7-8/h3-4,7H,2,5-6,13H2,1H3. The predicted molar refractivity (Wildman–Crippen MR) is 64.1 cm³/mol. The van der Waals surface area contributed by atoms with E-state index in [1.807, 2.05) is 6.92 Å². The van der Waals surface area contributed by atoms with Crippen molar-refractivity contribution in [3.63, 3.8) is 0 Å². The average molecular weight is 243 g/mol. The van der Waals surface area contributed by atoms with E-state index in [1.54, 1.807) is 11.8 Å². The van der Waals surface area contributed by atoms with Crippen molar-refractivity contribution in [3.8, 4) is 0 Å². The van der Waals surface area contributed by atoms with E-state index < -0.39 is 11.8 Å². The van der Waals surface area contributed by atoms with Gasteiger partial charge in [0, 0.05) is 5.75 Å². The van der Waals surface area contributed by atoms with Gasteiger partial charge in [-0.05, 0) is 24.0 Å². The van der Waals surface area contributed by atoms with Gasteiger partial charge < -0.3 is 10.5 Å². The second kappa shape index (κ2) is 6.37. The highest BCUT2D eigenvalue weighted by atomic mass is 32.2. The summed E-state index contributed by atoms with van der Waals surface area (Å²) in [6, 6.07) is 3.80. The van der Waals surface area contributed by atoms with Crippen LogP contribution in [0.25, 0.3) is 0 Å². The molecule has 5 heteroatoms. The van der Waals surface area contributed by atoms with Gasteiger partial charge in [-0.15, -0.1) is 0 Å². The van der Waals surface area contributed by atoms with Crippen molar-refractivity contribution in [2.24, 2.45) is 0 Å². The third kappa shape index (κ3) is 3.73. The van der Waals surface area contributed by atoms with Crippen LogP contribution in [0, 0.1) is 5.82 Å². The van der Waals surface area contributed by atoms with Gasteiger partial charge >= 0.3 is 5.97 Å². The normalized spacial score (nSPS) is 10.1. The first kappa shape index (κ1) is 12.8. The van der Waals surface area contributed by atoms with E-state index >= 15 is 0 Å². The lowest BCUT2D eigenvalue weighted by Crippen LogP contribution is -2.08. The molecular formula is C11H14FNO2S. The Morgan fingerprint density at radius 3 is 2.94 bits per heavy atom. The molecule has 3 nitrogen and oxygen atoms in total. The molecule has 2 N–H and O–H groups in total. The lowest BCUT2D eigenvalue weighted by Gasteiger charge is -2.05. The van der Waals surface area contributed by atoms with Crippen LogP contribution in [0.3, 0.4) is 0 Å². The van der Waals surface area contributed by atoms with Gasteiger partial charge in [-0.25, -0.2) is 9.18 Å². The summed E-state index contributed by atoms with van der Waals surface area (Å²) in [7, 11) is 0. The zero-order valence-corrected chi connectivity index (χ0v) is 9.85. The van der Waals surface area contributed by atoms with Crippen LogP contribution in [0.1, 0.15) is 17.3 Å². The number of carbonyl (C=O) groups is 1. The molecule has 0 radical (unpaired) electrons. The third-order valence-electron chi connectivity index (χ3n) is 1.90. The number of anilines is 1. The number of nitrogen functional groups attached to an aromatic ring is 1. The van der Waals surface area contributed by atoms with Crippen molar-refractivity contribution < 1.29 is 13.9 Å². The first-order valence-electron chi connectivity index (χ1n) is 4.95. The van der Waals surface area contributed by atoms with E-state index in [0.29, 0.717) is 6.61 Å². The van der Waals surface area contributed by atoms with Crippen LogP contribution >= 0.6 is 11.8 Å². The van der Waals surface area contributed by atoms with E-state index in [1.165, 1.54) is 12.1 Å². The summed E-state index contributed by atoms with van der Waals surface area (Å²) < 4.78 is 17.8. The van der Waals surface area contributed by atoms with Crippen LogP contribution in [-0.4, -0.2) is 24.1 Å². The van der Waals surface area contributed by atoms with E-state index in [0.717, 1.165) is 17.6 Å². The molecule has 1 aromatic rings. The first-order chi connectivity index (χ1) is 7.65. The minimum atomic E-state index is -0.530. The van der Waals surface area contributed by atoms with Gasteiger partial charge in [-0.3, -0.25) is 0 Å². The maximum absolute atomic E-state index is 12.8. The molecule has 88 valence electrons. The van der Waals surface area contributed by atoms with Crippen molar-refractivity contribution in [2.45, 2.75) is 6.92 Å². The molecule has 0 saturated heterocycles. The highest BCUT2D eigenvalue weighted by Gasteiger charge is 2.08. The molecular weight excluding hydrogens is 229 g/mol. The van der Waals surface area contributed by atoms with Crippen molar-refractivity contribution >= 4 is 23.4 Å². The van der Waals surface area contributed by atoms with Gasteiger partial charge in [0.2, 0.25) is 0 Å². The number of thioether (sulfide) groups is 1. The smallest absolute Gasteiger partial charge is 0.338 e. The molecule has 0 heterocycles. The number of rotatable bonds is 5. The van der Waals surface area contributed by atoms with Crippen LogP contribution in [0.15, 0.2) is 18.2 Å². The van der Waals surface area contributed by atoms with Gasteiger partial charge in [0.1, 0.15) is 12.4 Å². The number of esters is 1. The Balaban J connectivity index is 2.50. The van der Waals surface area contributed by atoms with Crippen LogP contribution in [0.4, 0.5) is 10.1 Å². The molecule has 1 rings (SSSR count). The molecule has 0 aliphatic carbocycles. The van der Waals surface area contributed by atoms with Crippen LogP contribution in [-0.2, 0) is 4.74 Å². The molecule has 0 atom stereocenters. The fraction of sp³-hybridized carbons (Fsp3) is 0.364. The number of ether oxygens (including phenoxy) is 1. The Morgan fingerprint density at radius 2 is 2.31 bits per heavy atom. The molecule has 0 fully saturated rings. The van der Waals surface area contributed by atoms with E-state index in [4.69, 9.17) is 10.5 Å². The second-order valence-electron chi connectivity index (χ2n) is 3.07. The maximum atomic E-state index is 12.8. The van der Waals surface area contributed by atoms with Gasteiger partial charge in [-0.1, -0.05) is 6.92 Å². The minimum absolute atomic E-state index is 0.0441. The molecule has 0 bridgehead atoms. The summed E-state index contributed by atoms with van der Waals surface area (Å²) in [6.07, 6.45) is 0. The molecule has 0 spiro atoms. The van der Waals surface area contributed by atoms with Crippen molar-refractivity contribution in [2.75, 3.05) is 23.8 Å². The van der Waals surface area contributed by atoms with Gasteiger partial charge in [0.25, 0.3) is 0 Å². The lowest BCUT2D eigenvalue weighted by atomic mass is 10.2. The molecule has 0 aromatic heterocycles. The second-order valence-corrected chi connectivity index (χ2v) is 4.46. The number of hydrogen-bond acceptors (Lipinski definition) is 4. The van der Waals surface area contributed by atoms with Crippen LogP contribution in [0.5, 0.6) is 0 Å². The topological polar surface area (TPSA) is 52.3 Å². The number of hydrogen-bond donors (Lipinski definition) is 1. The van der Waals surface area contributed by atoms with E-state index in [9.17, 15) is 9.18 Å². The SMILES string of the molecule is CCSCCOC(=O)c1ccc(F)c(N)c1. The lowest BCUT2D eigenvalue weighted by molar-refractivity contribution is 0.0530. The Bertz CT molecular complexity index is 371. The molecule has 16 heavy (non-hydrogen) atoms. The maximum Gasteiger partial charge on any atom is 0.338 e. The molecule has 1 aromatic carbocycles. The summed E-state index contributed by atoms with van der Waals surface area (Å²) in [5.74, 6) is 0.751. The molecule has 0 aliphatic rings. The average Bonchev–Trinajstić information content (AvgIpc) is 2.28. The minimum Gasteiger partial charge on any atom is -0.461 e. The molecule has 0 aliphatic heterocycles. The summed E-state index contributed by atoms with van der Waals surface area (Å²) in [5.41, 5.74) is 5.58. The summed E-state index contributed by atoms with van der Waals surface area (Å²) in [5, 5.41) is 0. The van der Waals surface area contributed by atoms with E-state index in [2.05, 4.69) is 0 Å².